The van der Waals surface area contributed by atoms with E-state index in [0.717, 1.165) is 45.4 Å². The van der Waals surface area contributed by atoms with Crippen LogP contribution in [0.2, 0.25) is 0 Å². The molecule has 0 heterocycles. The molecule has 3 N–H and O–H groups in total. The molecular formula is C15H31N3O. The molecule has 0 aromatic carbocycles. The second kappa shape index (κ2) is 8.54. The van der Waals surface area contributed by atoms with Gasteiger partial charge in [-0.05, 0) is 38.9 Å². The number of nitrogens with zero attached hydrogens (tertiary/aromatic N) is 1. The molecule has 0 unspecified atom stereocenters. The predicted octanol–water partition coefficient (Wildman–Crippen LogP) is 1.89. The molecular weight excluding hydrogens is 238 g/mol. The van der Waals surface area contributed by atoms with Crippen LogP contribution in [0.1, 0.15) is 58.8 Å². The van der Waals surface area contributed by atoms with E-state index >= 15 is 0 Å². The van der Waals surface area contributed by atoms with Crippen LogP contribution >= 0.6 is 0 Å². The number of carbonyl (C=O) groups excluding carboxylic acids is 1. The molecule has 19 heavy (non-hydrogen) atoms. The quantitative estimate of drug-likeness (QED) is 0.662. The average molecular weight is 269 g/mol. The lowest BCUT2D eigenvalue weighted by Gasteiger charge is -2.32. The first kappa shape index (κ1) is 16.4. The van der Waals surface area contributed by atoms with Gasteiger partial charge in [0, 0.05) is 18.5 Å². The highest BCUT2D eigenvalue weighted by Crippen LogP contribution is 2.28. The highest BCUT2D eigenvalue weighted by molar-refractivity contribution is 5.77. The van der Waals surface area contributed by atoms with Gasteiger partial charge in [0.05, 0.1) is 0 Å². The van der Waals surface area contributed by atoms with Gasteiger partial charge in [-0.2, -0.15) is 0 Å². The van der Waals surface area contributed by atoms with Gasteiger partial charge in [0.2, 0.25) is 5.91 Å². The Balaban J connectivity index is 2.13. The highest BCUT2D eigenvalue weighted by Gasteiger charge is 2.29. The zero-order chi connectivity index (χ0) is 14.1. The number of hydrogen-bond donors (Lipinski definition) is 2. The molecule has 1 fully saturated rings. The maximum absolute atomic E-state index is 11.9. The van der Waals surface area contributed by atoms with Crippen LogP contribution < -0.4 is 11.1 Å². The summed E-state index contributed by atoms with van der Waals surface area (Å²) in [6, 6.07) is 0. The van der Waals surface area contributed by atoms with Gasteiger partial charge in [-0.3, -0.25) is 4.79 Å². The van der Waals surface area contributed by atoms with E-state index in [-0.39, 0.29) is 11.4 Å². The van der Waals surface area contributed by atoms with Gasteiger partial charge in [0.15, 0.2) is 0 Å². The first-order chi connectivity index (χ1) is 9.09. The van der Waals surface area contributed by atoms with Gasteiger partial charge in [0.1, 0.15) is 0 Å². The van der Waals surface area contributed by atoms with Crippen molar-refractivity contribution in [2.45, 2.75) is 64.3 Å². The molecule has 1 saturated carbocycles. The van der Waals surface area contributed by atoms with Crippen LogP contribution in [0.25, 0.3) is 0 Å². The number of nitrogens with two attached hydrogens (primary N) is 1. The van der Waals surface area contributed by atoms with Gasteiger partial charge in [-0.15, -0.1) is 0 Å². The van der Waals surface area contributed by atoms with Crippen molar-refractivity contribution in [3.05, 3.63) is 0 Å². The fraction of sp³-hybridized carbons (Fsp3) is 0.933. The lowest BCUT2D eigenvalue weighted by atomic mass is 9.80. The summed E-state index contributed by atoms with van der Waals surface area (Å²) in [7, 11) is 0. The largest absolute Gasteiger partial charge is 0.356 e. The van der Waals surface area contributed by atoms with Crippen molar-refractivity contribution < 1.29 is 4.79 Å². The summed E-state index contributed by atoms with van der Waals surface area (Å²) in [5, 5.41) is 3.01. The van der Waals surface area contributed by atoms with Crippen LogP contribution in [-0.2, 0) is 4.79 Å². The third kappa shape index (κ3) is 6.39. The van der Waals surface area contributed by atoms with Crippen LogP contribution in [0.15, 0.2) is 0 Å². The third-order valence-electron chi connectivity index (χ3n) is 4.23. The molecule has 0 spiro atoms. The second-order valence-electron chi connectivity index (χ2n) is 5.83. The molecule has 0 bridgehead atoms. The minimum Gasteiger partial charge on any atom is -0.356 e. The maximum Gasteiger partial charge on any atom is 0.221 e. The Labute approximate surface area is 118 Å². The summed E-state index contributed by atoms with van der Waals surface area (Å²) >= 11 is 0. The molecule has 112 valence electrons. The van der Waals surface area contributed by atoms with E-state index in [2.05, 4.69) is 24.1 Å². The molecule has 1 aliphatic carbocycles. The monoisotopic (exact) mass is 269 g/mol. The minimum atomic E-state index is -0.235. The Morgan fingerprint density at radius 1 is 1.21 bits per heavy atom. The van der Waals surface area contributed by atoms with Gasteiger partial charge in [-0.1, -0.05) is 33.1 Å². The normalized spacial score (nSPS) is 18.5. The van der Waals surface area contributed by atoms with E-state index in [1.807, 2.05) is 0 Å². The number of nitrogens with one attached hydrogen (secondary N) is 1. The zero-order valence-electron chi connectivity index (χ0n) is 12.7. The smallest absolute Gasteiger partial charge is 0.221 e. The van der Waals surface area contributed by atoms with E-state index in [1.54, 1.807) is 0 Å². The van der Waals surface area contributed by atoms with E-state index in [0.29, 0.717) is 6.42 Å². The molecule has 0 atom stereocenters. The number of carbonyl (C=O) groups is 1. The Morgan fingerprint density at radius 3 is 2.42 bits per heavy atom. The molecule has 1 amide bonds. The number of hydrogen-bond acceptors (Lipinski definition) is 3. The number of rotatable bonds is 8. The fourth-order valence-corrected chi connectivity index (χ4v) is 2.89. The Bertz CT molecular complexity index is 258. The Hall–Kier alpha value is -0.610. The molecule has 0 aromatic rings. The van der Waals surface area contributed by atoms with Gasteiger partial charge in [0.25, 0.3) is 0 Å². The lowest BCUT2D eigenvalue weighted by Crippen LogP contribution is -2.46. The summed E-state index contributed by atoms with van der Waals surface area (Å²) in [6.07, 6.45) is 7.13. The summed E-state index contributed by atoms with van der Waals surface area (Å²) in [4.78, 5) is 14.3. The standard InChI is InChI=1S/C15H31N3O/c1-3-18(4-2)12-8-11-17-14(19)13-15(16)9-6-5-7-10-15/h3-13,16H2,1-2H3,(H,17,19). The third-order valence-corrected chi connectivity index (χ3v) is 4.23. The van der Waals surface area contributed by atoms with Crippen molar-refractivity contribution in [2.75, 3.05) is 26.2 Å². The van der Waals surface area contributed by atoms with E-state index in [4.69, 9.17) is 5.73 Å². The van der Waals surface area contributed by atoms with Crippen LogP contribution in [-0.4, -0.2) is 42.5 Å². The predicted molar refractivity (Wildman–Crippen MR) is 80.0 cm³/mol. The minimum absolute atomic E-state index is 0.129. The molecule has 1 aliphatic rings. The summed E-state index contributed by atoms with van der Waals surface area (Å²) in [5.74, 6) is 0.129. The summed E-state index contributed by atoms with van der Waals surface area (Å²) in [5.41, 5.74) is 6.05. The average Bonchev–Trinajstić information content (AvgIpc) is 2.39. The Kier molecular flexibility index (Phi) is 7.39. The zero-order valence-corrected chi connectivity index (χ0v) is 12.7. The van der Waals surface area contributed by atoms with Crippen molar-refractivity contribution >= 4 is 5.91 Å². The van der Waals surface area contributed by atoms with Crippen LogP contribution in [0.4, 0.5) is 0 Å². The fourth-order valence-electron chi connectivity index (χ4n) is 2.89. The van der Waals surface area contributed by atoms with Gasteiger partial charge < -0.3 is 16.0 Å². The van der Waals surface area contributed by atoms with Crippen LogP contribution in [0.3, 0.4) is 0 Å². The first-order valence-corrected chi connectivity index (χ1v) is 7.87. The highest BCUT2D eigenvalue weighted by atomic mass is 16.1. The van der Waals surface area contributed by atoms with Crippen molar-refractivity contribution in [2.24, 2.45) is 5.73 Å². The van der Waals surface area contributed by atoms with Crippen molar-refractivity contribution in [1.29, 1.82) is 0 Å². The number of amides is 1. The molecule has 0 aliphatic heterocycles. The van der Waals surface area contributed by atoms with E-state index < -0.39 is 0 Å². The van der Waals surface area contributed by atoms with Crippen molar-refractivity contribution in [3.8, 4) is 0 Å². The van der Waals surface area contributed by atoms with Gasteiger partial charge >= 0.3 is 0 Å². The lowest BCUT2D eigenvalue weighted by molar-refractivity contribution is -0.122. The topological polar surface area (TPSA) is 58.4 Å². The summed E-state index contributed by atoms with van der Waals surface area (Å²) in [6.45, 7) is 8.33. The van der Waals surface area contributed by atoms with Crippen molar-refractivity contribution in [1.82, 2.24) is 10.2 Å². The van der Waals surface area contributed by atoms with E-state index in [1.165, 1.54) is 19.3 Å². The first-order valence-electron chi connectivity index (χ1n) is 7.87. The van der Waals surface area contributed by atoms with Crippen molar-refractivity contribution in [3.63, 3.8) is 0 Å². The molecule has 0 radical (unpaired) electrons. The molecule has 0 aromatic heterocycles. The maximum atomic E-state index is 11.9. The molecule has 1 rings (SSSR count). The SMILES string of the molecule is CCN(CC)CCCNC(=O)CC1(N)CCCCC1. The van der Waals surface area contributed by atoms with Gasteiger partial charge in [-0.25, -0.2) is 0 Å². The van der Waals surface area contributed by atoms with Crippen LogP contribution in [0, 0.1) is 0 Å². The second-order valence-corrected chi connectivity index (χ2v) is 5.83. The molecule has 0 saturated heterocycles. The van der Waals surface area contributed by atoms with E-state index in [9.17, 15) is 4.79 Å². The summed E-state index contributed by atoms with van der Waals surface area (Å²) < 4.78 is 0. The Morgan fingerprint density at radius 2 is 1.84 bits per heavy atom. The molecule has 4 heteroatoms. The van der Waals surface area contributed by atoms with Crippen LogP contribution in [0.5, 0.6) is 0 Å². The molecule has 4 nitrogen and oxygen atoms in total.